The van der Waals surface area contributed by atoms with Crippen molar-refractivity contribution in [2.45, 2.75) is 10.5 Å². The SMILES string of the molecule is O=C(c1ccc(C(F)(F)F)cc1Cl)C(Cl)Br. The zero-order valence-corrected chi connectivity index (χ0v) is 10.6. The van der Waals surface area contributed by atoms with E-state index in [9.17, 15) is 18.0 Å². The summed E-state index contributed by atoms with van der Waals surface area (Å²) in [5, 5.41) is -0.273. The van der Waals surface area contributed by atoms with Gasteiger partial charge in [0.2, 0.25) is 0 Å². The molecule has 0 saturated carbocycles. The van der Waals surface area contributed by atoms with E-state index in [0.29, 0.717) is 6.07 Å². The number of carbonyl (C=O) groups is 1. The lowest BCUT2D eigenvalue weighted by Gasteiger charge is -2.09. The van der Waals surface area contributed by atoms with Crippen LogP contribution < -0.4 is 0 Å². The molecule has 1 rings (SSSR count). The molecule has 7 heteroatoms. The van der Waals surface area contributed by atoms with Gasteiger partial charge in [-0.25, -0.2) is 0 Å². The molecule has 1 atom stereocenters. The van der Waals surface area contributed by atoms with Gasteiger partial charge < -0.3 is 0 Å². The standard InChI is InChI=1S/C9H4BrCl2F3O/c10-8(12)7(16)5-2-1-4(3-6(5)11)9(13,14)15/h1-3,8H. The molecule has 0 spiro atoms. The van der Waals surface area contributed by atoms with Crippen molar-refractivity contribution in [2.75, 3.05) is 0 Å². The Balaban J connectivity index is 3.15. The topological polar surface area (TPSA) is 17.1 Å². The molecule has 0 aliphatic rings. The molecule has 0 fully saturated rings. The number of Topliss-reactive ketones (excluding diaryl/α,β-unsaturated/α-hetero) is 1. The average Bonchev–Trinajstić information content (AvgIpc) is 2.15. The first kappa shape index (κ1) is 13.8. The maximum atomic E-state index is 12.3. The predicted octanol–water partition coefficient (Wildman–Crippen LogP) is 4.50. The lowest BCUT2D eigenvalue weighted by atomic mass is 10.1. The van der Waals surface area contributed by atoms with Gasteiger partial charge >= 0.3 is 6.18 Å². The maximum Gasteiger partial charge on any atom is 0.416 e. The van der Waals surface area contributed by atoms with Gasteiger partial charge in [0.25, 0.3) is 0 Å². The molecule has 1 unspecified atom stereocenters. The minimum Gasteiger partial charge on any atom is -0.291 e. The van der Waals surface area contributed by atoms with Gasteiger partial charge in [0.1, 0.15) is 0 Å². The van der Waals surface area contributed by atoms with Crippen LogP contribution in [0, 0.1) is 0 Å². The second-order valence-electron chi connectivity index (χ2n) is 2.86. The Kier molecular flexibility index (Phi) is 4.26. The predicted molar refractivity (Wildman–Crippen MR) is 59.4 cm³/mol. The van der Waals surface area contributed by atoms with Gasteiger partial charge in [-0.3, -0.25) is 4.79 Å². The average molecular weight is 336 g/mol. The summed E-state index contributed by atoms with van der Waals surface area (Å²) in [5.74, 6) is -0.583. The molecule has 1 aromatic carbocycles. The van der Waals surface area contributed by atoms with Crippen LogP contribution in [0.3, 0.4) is 0 Å². The third-order valence-corrected chi connectivity index (χ3v) is 2.69. The van der Waals surface area contributed by atoms with E-state index in [0.717, 1.165) is 12.1 Å². The van der Waals surface area contributed by atoms with Gasteiger partial charge in [-0.1, -0.05) is 27.5 Å². The zero-order chi connectivity index (χ0) is 12.5. The van der Waals surface area contributed by atoms with Gasteiger partial charge in [-0.15, -0.1) is 11.6 Å². The van der Waals surface area contributed by atoms with E-state index in [1.54, 1.807) is 0 Å². The van der Waals surface area contributed by atoms with Gasteiger partial charge in [0.05, 0.1) is 10.6 Å². The molecule has 0 radical (unpaired) electrons. The number of hydrogen-bond donors (Lipinski definition) is 0. The minimum absolute atomic E-state index is 0.0495. The van der Waals surface area contributed by atoms with Crippen LogP contribution in [-0.4, -0.2) is 10.1 Å². The molecule has 0 N–H and O–H groups in total. The van der Waals surface area contributed by atoms with Crippen molar-refractivity contribution < 1.29 is 18.0 Å². The second-order valence-corrected chi connectivity index (χ2v) is 5.14. The molecule has 16 heavy (non-hydrogen) atoms. The smallest absolute Gasteiger partial charge is 0.291 e. The second kappa shape index (κ2) is 4.94. The Labute approximate surface area is 108 Å². The molecule has 0 bridgehead atoms. The van der Waals surface area contributed by atoms with Crippen LogP contribution in [0.1, 0.15) is 15.9 Å². The zero-order valence-electron chi connectivity index (χ0n) is 7.49. The Hall–Kier alpha value is -0.260. The van der Waals surface area contributed by atoms with Gasteiger partial charge in [0, 0.05) is 5.56 Å². The van der Waals surface area contributed by atoms with Crippen molar-refractivity contribution >= 4 is 44.9 Å². The number of alkyl halides is 5. The van der Waals surface area contributed by atoms with Crippen LogP contribution in [0.4, 0.5) is 13.2 Å². The van der Waals surface area contributed by atoms with Crippen LogP contribution in [0.5, 0.6) is 0 Å². The van der Waals surface area contributed by atoms with E-state index in [4.69, 9.17) is 23.2 Å². The summed E-state index contributed by atoms with van der Waals surface area (Å²) < 4.78 is 35.8. The highest BCUT2D eigenvalue weighted by molar-refractivity contribution is 9.10. The van der Waals surface area contributed by atoms with Crippen molar-refractivity contribution in [3.8, 4) is 0 Å². The number of hydrogen-bond acceptors (Lipinski definition) is 1. The minimum atomic E-state index is -4.49. The maximum absolute atomic E-state index is 12.3. The van der Waals surface area contributed by atoms with E-state index >= 15 is 0 Å². The highest BCUT2D eigenvalue weighted by Crippen LogP contribution is 2.32. The van der Waals surface area contributed by atoms with Crippen LogP contribution in [0.15, 0.2) is 18.2 Å². The number of carbonyl (C=O) groups excluding carboxylic acids is 1. The summed E-state index contributed by atoms with van der Waals surface area (Å²) in [7, 11) is 0. The summed E-state index contributed by atoms with van der Waals surface area (Å²) in [4.78, 5) is 11.4. The molecule has 0 heterocycles. The Morgan fingerprint density at radius 1 is 1.38 bits per heavy atom. The molecule has 0 amide bonds. The van der Waals surface area contributed by atoms with Gasteiger partial charge in [-0.05, 0) is 18.2 Å². The first-order chi connectivity index (χ1) is 7.23. The molecule has 0 saturated heterocycles. The highest BCUT2D eigenvalue weighted by Gasteiger charge is 2.31. The largest absolute Gasteiger partial charge is 0.416 e. The Morgan fingerprint density at radius 2 is 1.94 bits per heavy atom. The Morgan fingerprint density at radius 3 is 2.31 bits per heavy atom. The monoisotopic (exact) mass is 334 g/mol. The van der Waals surface area contributed by atoms with E-state index in [2.05, 4.69) is 15.9 Å². The molecule has 0 aromatic heterocycles. The quantitative estimate of drug-likeness (QED) is 0.574. The third kappa shape index (κ3) is 3.12. The first-order valence-electron chi connectivity index (χ1n) is 3.92. The molecule has 0 aliphatic heterocycles. The normalized spacial score (nSPS) is 13.6. The fourth-order valence-electron chi connectivity index (χ4n) is 1.01. The van der Waals surface area contributed by atoms with E-state index in [1.165, 1.54) is 0 Å². The molecular weight excluding hydrogens is 332 g/mol. The Bertz CT molecular complexity index is 418. The summed E-state index contributed by atoms with van der Waals surface area (Å²) in [6.07, 6.45) is -4.49. The number of rotatable bonds is 2. The number of ketones is 1. The molecule has 1 nitrogen and oxygen atoms in total. The van der Waals surface area contributed by atoms with Crippen molar-refractivity contribution in [3.63, 3.8) is 0 Å². The third-order valence-electron chi connectivity index (χ3n) is 1.76. The lowest BCUT2D eigenvalue weighted by Crippen LogP contribution is -2.10. The summed E-state index contributed by atoms with van der Waals surface area (Å²) in [6, 6.07) is 2.48. The van der Waals surface area contributed by atoms with Gasteiger partial charge in [0.15, 0.2) is 10.1 Å². The molecule has 0 aliphatic carbocycles. The van der Waals surface area contributed by atoms with Crippen LogP contribution >= 0.6 is 39.1 Å². The summed E-state index contributed by atoms with van der Waals surface area (Å²) in [5.41, 5.74) is -0.957. The summed E-state index contributed by atoms with van der Waals surface area (Å²) >= 11 is 13.8. The highest BCUT2D eigenvalue weighted by atomic mass is 79.9. The van der Waals surface area contributed by atoms with Gasteiger partial charge in [-0.2, -0.15) is 13.2 Å². The van der Waals surface area contributed by atoms with Crippen molar-refractivity contribution in [2.24, 2.45) is 0 Å². The summed E-state index contributed by atoms with van der Waals surface area (Å²) in [6.45, 7) is 0. The van der Waals surface area contributed by atoms with E-state index in [-0.39, 0.29) is 10.6 Å². The van der Waals surface area contributed by atoms with Crippen molar-refractivity contribution in [1.82, 2.24) is 0 Å². The van der Waals surface area contributed by atoms with Crippen LogP contribution in [0.25, 0.3) is 0 Å². The fraction of sp³-hybridized carbons (Fsp3) is 0.222. The fourth-order valence-corrected chi connectivity index (χ4v) is 1.65. The lowest BCUT2D eigenvalue weighted by molar-refractivity contribution is -0.137. The van der Waals surface area contributed by atoms with Crippen molar-refractivity contribution in [3.05, 3.63) is 34.3 Å². The number of benzene rings is 1. The van der Waals surface area contributed by atoms with E-state index < -0.39 is 21.8 Å². The van der Waals surface area contributed by atoms with E-state index in [1.807, 2.05) is 0 Å². The molecule has 88 valence electrons. The van der Waals surface area contributed by atoms with Crippen LogP contribution in [-0.2, 0) is 6.18 Å². The number of halogens is 6. The molecular formula is C9H4BrCl2F3O. The van der Waals surface area contributed by atoms with Crippen molar-refractivity contribution in [1.29, 1.82) is 0 Å². The molecule has 1 aromatic rings. The first-order valence-corrected chi connectivity index (χ1v) is 5.65. The van der Waals surface area contributed by atoms with Crippen LogP contribution in [0.2, 0.25) is 5.02 Å².